The Hall–Kier alpha value is -3.84. The molecular formula is C30H28FN3O3. The smallest absolute Gasteiger partial charge is 0.253 e. The number of nitrogens with zero attached hydrogens (tertiary/aromatic N) is 2. The molecule has 3 amide bonds. The van der Waals surface area contributed by atoms with Gasteiger partial charge in [-0.25, -0.2) is 9.29 Å². The van der Waals surface area contributed by atoms with E-state index in [0.717, 1.165) is 0 Å². The molecule has 0 aliphatic carbocycles. The van der Waals surface area contributed by atoms with Crippen LogP contribution in [0.15, 0.2) is 78.9 Å². The molecule has 3 aliphatic rings. The second kappa shape index (κ2) is 8.63. The van der Waals surface area contributed by atoms with Gasteiger partial charge in [-0.3, -0.25) is 19.7 Å². The molecule has 0 bridgehead atoms. The Kier molecular flexibility index (Phi) is 5.49. The fraction of sp³-hybridized carbons (Fsp3) is 0.300. The van der Waals surface area contributed by atoms with Crippen molar-refractivity contribution in [1.82, 2.24) is 5.32 Å². The highest BCUT2D eigenvalue weighted by atomic mass is 19.1. The molecule has 0 saturated carbocycles. The van der Waals surface area contributed by atoms with E-state index >= 15 is 0 Å². The topological polar surface area (TPSA) is 69.7 Å². The summed E-state index contributed by atoms with van der Waals surface area (Å²) in [6, 6.07) is 22.2. The molecule has 3 aromatic carbocycles. The average Bonchev–Trinajstić information content (AvgIpc) is 3.44. The van der Waals surface area contributed by atoms with Crippen molar-refractivity contribution in [2.45, 2.75) is 38.4 Å². The fourth-order valence-corrected chi connectivity index (χ4v) is 6.44. The summed E-state index contributed by atoms with van der Waals surface area (Å²) in [6.45, 7) is 4.16. The molecule has 3 aliphatic heterocycles. The fourth-order valence-electron chi connectivity index (χ4n) is 6.44. The van der Waals surface area contributed by atoms with Gasteiger partial charge >= 0.3 is 0 Å². The van der Waals surface area contributed by atoms with Gasteiger partial charge in [0.15, 0.2) is 0 Å². The van der Waals surface area contributed by atoms with E-state index in [1.165, 1.54) is 11.0 Å². The number of imide groups is 1. The summed E-state index contributed by atoms with van der Waals surface area (Å²) in [5.74, 6) is -2.72. The first kappa shape index (κ1) is 23.6. The number of hydrogen-bond acceptors (Lipinski definition) is 4. The summed E-state index contributed by atoms with van der Waals surface area (Å²) in [5.41, 5.74) is 0.782. The van der Waals surface area contributed by atoms with Crippen LogP contribution in [0.1, 0.15) is 31.4 Å². The number of para-hydroxylation sites is 2. The minimum atomic E-state index is -1.40. The van der Waals surface area contributed by atoms with E-state index in [1.807, 2.05) is 30.3 Å². The van der Waals surface area contributed by atoms with Gasteiger partial charge in [0.25, 0.3) is 5.91 Å². The van der Waals surface area contributed by atoms with Gasteiger partial charge in [-0.05, 0) is 36.6 Å². The van der Waals surface area contributed by atoms with Crippen molar-refractivity contribution in [3.05, 3.63) is 95.8 Å². The van der Waals surface area contributed by atoms with Crippen molar-refractivity contribution >= 4 is 29.1 Å². The van der Waals surface area contributed by atoms with Crippen molar-refractivity contribution in [2.24, 2.45) is 17.8 Å². The molecule has 1 spiro atoms. The Morgan fingerprint density at radius 2 is 1.57 bits per heavy atom. The Morgan fingerprint density at radius 1 is 0.892 bits per heavy atom. The quantitative estimate of drug-likeness (QED) is 0.531. The first-order chi connectivity index (χ1) is 17.8. The number of anilines is 2. The molecule has 37 heavy (non-hydrogen) atoms. The predicted octanol–water partition coefficient (Wildman–Crippen LogP) is 4.39. The summed E-state index contributed by atoms with van der Waals surface area (Å²) >= 11 is 0. The number of nitrogens with one attached hydrogen (secondary N) is 1. The summed E-state index contributed by atoms with van der Waals surface area (Å²) in [5, 5.41) is 3.52. The second-order valence-corrected chi connectivity index (χ2v) is 10.5. The van der Waals surface area contributed by atoms with Gasteiger partial charge in [-0.2, -0.15) is 0 Å². The molecule has 3 aromatic rings. The van der Waals surface area contributed by atoms with Crippen LogP contribution in [-0.4, -0.2) is 23.8 Å². The number of hydrogen-bond donors (Lipinski definition) is 1. The number of amides is 3. The number of fused-ring (bicyclic) bond motifs is 4. The van der Waals surface area contributed by atoms with Crippen LogP contribution in [0, 0.1) is 23.6 Å². The van der Waals surface area contributed by atoms with Crippen LogP contribution in [0.5, 0.6) is 0 Å². The third-order valence-corrected chi connectivity index (χ3v) is 7.89. The molecule has 1 N–H and O–H groups in total. The van der Waals surface area contributed by atoms with Crippen LogP contribution in [-0.2, 0) is 26.5 Å². The number of benzene rings is 3. The van der Waals surface area contributed by atoms with Crippen molar-refractivity contribution in [2.75, 3.05) is 9.80 Å². The highest BCUT2D eigenvalue weighted by Gasteiger charge is 2.71. The normalized spacial score (nSPS) is 26.5. The number of halogens is 1. The monoisotopic (exact) mass is 497 g/mol. The maximum atomic E-state index is 14.6. The van der Waals surface area contributed by atoms with Crippen LogP contribution in [0.25, 0.3) is 0 Å². The van der Waals surface area contributed by atoms with E-state index in [9.17, 15) is 18.8 Å². The highest BCUT2D eigenvalue weighted by Crippen LogP contribution is 2.56. The molecule has 2 saturated heterocycles. The largest absolute Gasteiger partial charge is 0.306 e. The Morgan fingerprint density at radius 3 is 2.30 bits per heavy atom. The molecule has 7 heteroatoms. The van der Waals surface area contributed by atoms with Crippen LogP contribution in [0.2, 0.25) is 0 Å². The minimum Gasteiger partial charge on any atom is -0.306 e. The van der Waals surface area contributed by atoms with E-state index in [1.54, 1.807) is 47.4 Å². The lowest BCUT2D eigenvalue weighted by atomic mass is 9.76. The number of carbonyl (C=O) groups excluding carboxylic acids is 3. The van der Waals surface area contributed by atoms with Gasteiger partial charge < -0.3 is 4.90 Å². The zero-order valence-electron chi connectivity index (χ0n) is 20.7. The lowest BCUT2D eigenvalue weighted by molar-refractivity contribution is -0.132. The molecule has 188 valence electrons. The Bertz CT molecular complexity index is 1410. The van der Waals surface area contributed by atoms with Crippen LogP contribution < -0.4 is 15.1 Å². The second-order valence-electron chi connectivity index (χ2n) is 10.5. The van der Waals surface area contributed by atoms with Crippen molar-refractivity contribution in [1.29, 1.82) is 0 Å². The zero-order chi connectivity index (χ0) is 25.9. The van der Waals surface area contributed by atoms with Crippen LogP contribution in [0.3, 0.4) is 0 Å². The molecule has 2 fully saturated rings. The summed E-state index contributed by atoms with van der Waals surface area (Å²) < 4.78 is 14.6. The van der Waals surface area contributed by atoms with E-state index in [0.29, 0.717) is 28.9 Å². The molecule has 4 atom stereocenters. The van der Waals surface area contributed by atoms with Gasteiger partial charge in [-0.15, -0.1) is 0 Å². The average molecular weight is 498 g/mol. The van der Waals surface area contributed by atoms with Crippen molar-refractivity contribution in [3.63, 3.8) is 0 Å². The van der Waals surface area contributed by atoms with Crippen molar-refractivity contribution in [3.8, 4) is 0 Å². The molecular weight excluding hydrogens is 469 g/mol. The van der Waals surface area contributed by atoms with Gasteiger partial charge in [0, 0.05) is 22.9 Å². The molecule has 6 rings (SSSR count). The first-order valence-electron chi connectivity index (χ1n) is 12.7. The van der Waals surface area contributed by atoms with E-state index in [4.69, 9.17) is 0 Å². The lowest BCUT2D eigenvalue weighted by Gasteiger charge is -2.31. The lowest BCUT2D eigenvalue weighted by Crippen LogP contribution is -2.55. The van der Waals surface area contributed by atoms with E-state index in [-0.39, 0.29) is 36.2 Å². The third kappa shape index (κ3) is 3.37. The van der Waals surface area contributed by atoms with Gasteiger partial charge in [0.05, 0.1) is 24.1 Å². The summed E-state index contributed by atoms with van der Waals surface area (Å²) in [6.07, 6.45) is 0.632. The number of rotatable bonds is 5. The summed E-state index contributed by atoms with van der Waals surface area (Å²) in [4.78, 5) is 45.2. The highest BCUT2D eigenvalue weighted by molar-refractivity contribution is 6.26. The standard InChI is InChI=1S/C30H28FN3O3/c1-18(2)16-23-25-26(28(36)34(27(25)35)20-11-4-3-5-12-20)30(32-23)21-13-7-9-15-24(21)33(29(30)37)17-19-10-6-8-14-22(19)31/h3-15,18,23,25-26,32H,16-17H2,1-2H3. The molecule has 6 nitrogen and oxygen atoms in total. The van der Waals surface area contributed by atoms with Crippen LogP contribution in [0.4, 0.5) is 15.8 Å². The Balaban J connectivity index is 1.50. The maximum Gasteiger partial charge on any atom is 0.253 e. The maximum absolute atomic E-state index is 14.6. The summed E-state index contributed by atoms with van der Waals surface area (Å²) in [7, 11) is 0. The van der Waals surface area contributed by atoms with E-state index < -0.39 is 23.2 Å². The van der Waals surface area contributed by atoms with Crippen molar-refractivity contribution < 1.29 is 18.8 Å². The van der Waals surface area contributed by atoms with Crippen LogP contribution >= 0.6 is 0 Å². The Labute approximate surface area is 215 Å². The first-order valence-corrected chi connectivity index (χ1v) is 12.7. The molecule has 0 radical (unpaired) electrons. The zero-order valence-corrected chi connectivity index (χ0v) is 20.7. The minimum absolute atomic E-state index is 0.0305. The number of carbonyl (C=O) groups is 3. The third-order valence-electron chi connectivity index (χ3n) is 7.89. The van der Waals surface area contributed by atoms with Gasteiger partial charge in [-0.1, -0.05) is 68.4 Å². The molecule has 0 aromatic heterocycles. The van der Waals surface area contributed by atoms with Gasteiger partial charge in [0.1, 0.15) is 11.4 Å². The van der Waals surface area contributed by atoms with Gasteiger partial charge in [0.2, 0.25) is 11.8 Å². The molecule has 3 heterocycles. The SMILES string of the molecule is CC(C)CC1NC2(C(=O)N(Cc3ccccc3F)c3ccccc32)C2C(=O)N(c3ccccc3)C(=O)C12. The predicted molar refractivity (Wildman–Crippen MR) is 138 cm³/mol. The van der Waals surface area contributed by atoms with E-state index in [2.05, 4.69) is 19.2 Å². The molecule has 4 unspecified atom stereocenters.